The van der Waals surface area contributed by atoms with Gasteiger partial charge in [-0.25, -0.2) is 9.97 Å². The molecule has 0 aliphatic rings. The van der Waals surface area contributed by atoms with Crippen molar-refractivity contribution in [2.45, 2.75) is 66.2 Å². The maximum atomic E-state index is 11.3. The maximum Gasteiger partial charge on any atom is 0.164 e. The van der Waals surface area contributed by atoms with E-state index in [1.54, 1.807) is 6.07 Å². The minimum absolute atomic E-state index is 0.0493. The quantitative estimate of drug-likeness (QED) is 0.162. The molecule has 0 unspecified atom stereocenters. The maximum absolute atomic E-state index is 11.3. The van der Waals surface area contributed by atoms with Crippen molar-refractivity contribution in [1.29, 1.82) is 0 Å². The van der Waals surface area contributed by atoms with E-state index in [1.165, 1.54) is 22.3 Å². The molecule has 1 N–H and O–H groups in total. The van der Waals surface area contributed by atoms with Gasteiger partial charge >= 0.3 is 0 Å². The van der Waals surface area contributed by atoms with Crippen molar-refractivity contribution < 1.29 is 5.11 Å². The Kier molecular flexibility index (Phi) is 10.9. The summed E-state index contributed by atoms with van der Waals surface area (Å²) in [6.07, 6.45) is 0. The zero-order chi connectivity index (χ0) is 48.5. The summed E-state index contributed by atoms with van der Waals surface area (Å²) in [5.41, 5.74) is 20.4. The first-order valence-corrected chi connectivity index (χ1v) is 24.4. The first kappa shape index (κ1) is 44.4. The fourth-order valence-electron chi connectivity index (χ4n) is 10.4. The number of fused-ring (bicyclic) bond motifs is 4. The van der Waals surface area contributed by atoms with Crippen LogP contribution in [0.25, 0.3) is 106 Å². The van der Waals surface area contributed by atoms with Crippen LogP contribution in [0, 0.1) is 13.8 Å². The van der Waals surface area contributed by atoms with Gasteiger partial charge in [0.1, 0.15) is 11.4 Å². The monoisotopic (exact) mass is 907 g/mol. The summed E-state index contributed by atoms with van der Waals surface area (Å²) >= 11 is 0. The lowest BCUT2D eigenvalue weighted by Gasteiger charge is -2.25. The first-order valence-electron chi connectivity index (χ1n) is 24.4. The second kappa shape index (κ2) is 17.2. The molecule has 11 rings (SSSR count). The van der Waals surface area contributed by atoms with Gasteiger partial charge in [0.2, 0.25) is 0 Å². The highest BCUT2D eigenvalue weighted by Crippen LogP contribution is 2.49. The third kappa shape index (κ3) is 7.84. The fourth-order valence-corrected chi connectivity index (χ4v) is 10.4. The van der Waals surface area contributed by atoms with Crippen LogP contribution < -0.4 is 0 Å². The summed E-state index contributed by atoms with van der Waals surface area (Å²) in [5, 5.41) is 13.9. The van der Waals surface area contributed by atoms with Crippen molar-refractivity contribution in [2.24, 2.45) is 0 Å². The van der Waals surface area contributed by atoms with E-state index < -0.39 is 0 Å². The van der Waals surface area contributed by atoms with Crippen LogP contribution in [-0.2, 0) is 10.8 Å². The average Bonchev–Trinajstić information content (AvgIpc) is 3.74. The molecule has 0 radical (unpaired) electrons. The van der Waals surface area contributed by atoms with Gasteiger partial charge in [-0.3, -0.25) is 4.57 Å². The molecule has 2 heterocycles. The molecule has 4 heteroatoms. The number of para-hydroxylation sites is 1. The highest BCUT2D eigenvalue weighted by Gasteiger charge is 2.27. The number of phenols is 1. The highest BCUT2D eigenvalue weighted by molar-refractivity contribution is 6.10. The van der Waals surface area contributed by atoms with E-state index in [1.807, 2.05) is 18.2 Å². The summed E-state index contributed by atoms with van der Waals surface area (Å²) in [5.74, 6) is 0.936. The fraction of sp³-hybridized carbons (Fsp3) is 0.152. The molecular formula is C66H57N3O. The van der Waals surface area contributed by atoms with Crippen molar-refractivity contribution in [2.75, 3.05) is 0 Å². The predicted molar refractivity (Wildman–Crippen MR) is 295 cm³/mol. The number of aromatic nitrogens is 3. The Balaban J connectivity index is 1.28. The van der Waals surface area contributed by atoms with Crippen molar-refractivity contribution in [3.8, 4) is 78.6 Å². The zero-order valence-electron chi connectivity index (χ0n) is 41.3. The summed E-state index contributed by atoms with van der Waals surface area (Å²) in [4.78, 5) is 11.2. The SMILES string of the molecule is Cc1cccc(C)c1-n1c(-c2ccc3ccc4cccc(O)c4c3n2)nc2c(-c3ccccc3)c(-c3c(-c4cccc(C(C)(C)C)c4)cccc3-c3cc(-c4ccccc4)cc(C(C)(C)C)c3)ccc21. The highest BCUT2D eigenvalue weighted by atomic mass is 16.3. The molecule has 0 aliphatic heterocycles. The van der Waals surface area contributed by atoms with E-state index in [4.69, 9.17) is 9.97 Å². The van der Waals surface area contributed by atoms with Gasteiger partial charge in [0, 0.05) is 16.3 Å². The first-order chi connectivity index (χ1) is 33.7. The van der Waals surface area contributed by atoms with Crippen LogP contribution in [0.3, 0.4) is 0 Å². The molecule has 342 valence electrons. The van der Waals surface area contributed by atoms with Crippen LogP contribution in [0.5, 0.6) is 5.75 Å². The van der Waals surface area contributed by atoms with Crippen LogP contribution in [0.15, 0.2) is 194 Å². The molecular weight excluding hydrogens is 851 g/mol. The Labute approximate surface area is 411 Å². The van der Waals surface area contributed by atoms with Crippen LogP contribution in [0.1, 0.15) is 63.8 Å². The number of aromatic hydroxyl groups is 1. The Bertz CT molecular complexity index is 3790. The van der Waals surface area contributed by atoms with Crippen LogP contribution >= 0.6 is 0 Å². The summed E-state index contributed by atoms with van der Waals surface area (Å²) in [6.45, 7) is 18.1. The van der Waals surface area contributed by atoms with E-state index in [9.17, 15) is 5.11 Å². The minimum Gasteiger partial charge on any atom is -0.507 e. The molecule has 0 fully saturated rings. The number of pyridine rings is 1. The Morgan fingerprint density at radius 1 is 0.414 bits per heavy atom. The standard InChI is InChI=1S/C66H57N3O/c1-41-19-15-20-42(2)63(41)69-56-36-34-54(58(44-23-13-10-14-24-44)62(56)68-64(69)55-35-33-46-32-31-45-25-17-30-57(70)59(45)61(46)67-55)60-52(47-26-16-27-50(38-47)65(3,4)5)28-18-29-53(60)49-37-48(43-21-11-9-12-22-43)39-51(40-49)66(6,7)8/h9-40,70H,1-8H3. The van der Waals surface area contributed by atoms with Crippen molar-refractivity contribution in [3.05, 3.63) is 216 Å². The largest absolute Gasteiger partial charge is 0.507 e. The van der Waals surface area contributed by atoms with Crippen LogP contribution in [0.4, 0.5) is 0 Å². The number of rotatable bonds is 7. The van der Waals surface area contributed by atoms with Gasteiger partial charge in [-0.2, -0.15) is 0 Å². The van der Waals surface area contributed by atoms with E-state index >= 15 is 0 Å². The topological polar surface area (TPSA) is 50.9 Å². The van der Waals surface area contributed by atoms with Crippen molar-refractivity contribution in [3.63, 3.8) is 0 Å². The zero-order valence-corrected chi connectivity index (χ0v) is 41.3. The molecule has 0 atom stereocenters. The number of phenolic OH excluding ortho intramolecular Hbond substituents is 1. The Morgan fingerprint density at radius 2 is 1.00 bits per heavy atom. The van der Waals surface area contributed by atoms with Crippen molar-refractivity contribution >= 4 is 32.7 Å². The van der Waals surface area contributed by atoms with E-state index in [2.05, 4.69) is 230 Å². The number of imidazole rings is 1. The predicted octanol–water partition coefficient (Wildman–Crippen LogP) is 17.6. The minimum atomic E-state index is -0.106. The molecule has 0 amide bonds. The second-order valence-corrected chi connectivity index (χ2v) is 20.9. The summed E-state index contributed by atoms with van der Waals surface area (Å²) in [6, 6.07) is 69.6. The number of benzene rings is 9. The van der Waals surface area contributed by atoms with E-state index in [0.29, 0.717) is 0 Å². The van der Waals surface area contributed by atoms with Gasteiger partial charge < -0.3 is 5.11 Å². The van der Waals surface area contributed by atoms with Crippen LogP contribution in [0.2, 0.25) is 0 Å². The molecule has 0 saturated heterocycles. The molecule has 11 aromatic rings. The number of nitrogens with zero attached hydrogens (tertiary/aromatic N) is 3. The molecule has 4 nitrogen and oxygen atoms in total. The summed E-state index contributed by atoms with van der Waals surface area (Å²) in [7, 11) is 0. The normalized spacial score (nSPS) is 12.1. The number of aryl methyl sites for hydroxylation is 2. The Hall–Kier alpha value is -8.08. The van der Waals surface area contributed by atoms with Gasteiger partial charge in [-0.1, -0.05) is 211 Å². The third-order valence-electron chi connectivity index (χ3n) is 14.1. The lowest BCUT2D eigenvalue weighted by molar-refractivity contribution is 0.482. The molecule has 2 aromatic heterocycles. The van der Waals surface area contributed by atoms with E-state index in [0.717, 1.165) is 106 Å². The van der Waals surface area contributed by atoms with Gasteiger partial charge in [0.25, 0.3) is 0 Å². The molecule has 9 aromatic carbocycles. The third-order valence-corrected chi connectivity index (χ3v) is 14.1. The van der Waals surface area contributed by atoms with E-state index in [-0.39, 0.29) is 16.6 Å². The molecule has 0 saturated carbocycles. The van der Waals surface area contributed by atoms with Gasteiger partial charge in [0.05, 0.1) is 22.2 Å². The van der Waals surface area contributed by atoms with Gasteiger partial charge in [0.15, 0.2) is 5.82 Å². The summed E-state index contributed by atoms with van der Waals surface area (Å²) < 4.78 is 2.31. The lowest BCUT2D eigenvalue weighted by atomic mass is 9.79. The number of hydrogen-bond donors (Lipinski definition) is 1. The average molecular weight is 908 g/mol. The Morgan fingerprint density at radius 3 is 1.71 bits per heavy atom. The lowest BCUT2D eigenvalue weighted by Crippen LogP contribution is -2.11. The molecule has 0 bridgehead atoms. The molecule has 0 aliphatic carbocycles. The second-order valence-electron chi connectivity index (χ2n) is 20.9. The van der Waals surface area contributed by atoms with Crippen LogP contribution in [-0.4, -0.2) is 19.6 Å². The number of hydrogen-bond acceptors (Lipinski definition) is 3. The van der Waals surface area contributed by atoms with Gasteiger partial charge in [-0.05, 0) is 127 Å². The molecule has 0 spiro atoms. The van der Waals surface area contributed by atoms with Crippen molar-refractivity contribution in [1.82, 2.24) is 14.5 Å². The smallest absolute Gasteiger partial charge is 0.164 e. The molecule has 70 heavy (non-hydrogen) atoms. The van der Waals surface area contributed by atoms with Gasteiger partial charge in [-0.15, -0.1) is 0 Å².